The minimum atomic E-state index is -3.13. The molecule has 0 aromatic heterocycles. The van der Waals surface area contributed by atoms with Gasteiger partial charge in [-0.15, -0.1) is 0 Å². The van der Waals surface area contributed by atoms with Gasteiger partial charge in [-0.3, -0.25) is 0 Å². The molecular weight excluding hydrogens is 141 g/mol. The number of rotatable bonds is 2. The number of alkyl halides is 1. The van der Waals surface area contributed by atoms with Gasteiger partial charge in [-0.1, -0.05) is 6.92 Å². The normalized spacial score (nSPS) is 16.4. The largest absolute Gasteiger partial charge is 1.00 e. The molecule has 0 fully saturated rings. The molecule has 0 aliphatic carbocycles. The Morgan fingerprint density at radius 2 is 2.25 bits per heavy atom. The fraction of sp³-hybridized carbons (Fsp3) is 1.00. The zero-order valence-electron chi connectivity index (χ0n) is 4.98. The van der Waals surface area contributed by atoms with Crippen LogP contribution in [-0.4, -0.2) is 5.91 Å². The minimum absolute atomic E-state index is 0. The van der Waals surface area contributed by atoms with Crippen molar-refractivity contribution in [2.45, 2.75) is 19.3 Å². The van der Waals surface area contributed by atoms with Crippen LogP contribution in [0.3, 0.4) is 0 Å². The van der Waals surface area contributed by atoms with Crippen LogP contribution in [0, 0.1) is 0 Å². The van der Waals surface area contributed by atoms with Crippen LogP contribution in [0.25, 0.3) is 0 Å². The molecule has 2 nitrogen and oxygen atoms in total. The zero-order chi connectivity index (χ0) is 5.86. The van der Waals surface area contributed by atoms with Crippen molar-refractivity contribution < 1.29 is 43.4 Å². The third kappa shape index (κ3) is 5.26. The van der Waals surface area contributed by atoms with Crippen LogP contribution >= 0.6 is 8.03 Å². The smallest absolute Gasteiger partial charge is 0.800 e. The fourth-order valence-electron chi connectivity index (χ4n) is 0.167. The molecule has 0 N–H and O–H groups in total. The molecule has 0 aromatic carbocycles. The number of halogens is 1. The van der Waals surface area contributed by atoms with E-state index in [-0.39, 0.29) is 36.0 Å². The number of hydrogen-bond donors (Lipinski definition) is 0. The first-order chi connectivity index (χ1) is 3.18. The van der Waals surface area contributed by atoms with Gasteiger partial charge in [-0.05, 0) is 6.42 Å². The Balaban J connectivity index is 0. The van der Waals surface area contributed by atoms with Gasteiger partial charge in [0.25, 0.3) is 0 Å². The third-order valence-corrected chi connectivity index (χ3v) is 1.53. The molecule has 44 valence electrons. The molecule has 0 aromatic rings. The summed E-state index contributed by atoms with van der Waals surface area (Å²) in [5, 5.41) is 0. The molecule has 2 unspecified atom stereocenters. The monoisotopic (exact) mass is 148 g/mol. The summed E-state index contributed by atoms with van der Waals surface area (Å²) in [6, 6.07) is 0. The molecule has 0 saturated heterocycles. The molecule has 0 aliphatic rings. The van der Waals surface area contributed by atoms with Gasteiger partial charge in [0.2, 0.25) is 0 Å². The molecule has 0 spiro atoms. The summed E-state index contributed by atoms with van der Waals surface area (Å²) >= 11 is 0. The topological polar surface area (TPSA) is 40.1 Å². The molecule has 0 bridgehead atoms. The van der Waals surface area contributed by atoms with E-state index in [1.165, 1.54) is 6.92 Å². The second kappa shape index (κ2) is 6.24. The van der Waals surface area contributed by atoms with Gasteiger partial charge in [0.15, 0.2) is 0 Å². The van der Waals surface area contributed by atoms with Crippen molar-refractivity contribution in [2.24, 2.45) is 0 Å². The Labute approximate surface area is 70.6 Å². The molecule has 8 heavy (non-hydrogen) atoms. The Morgan fingerprint density at radius 3 is 2.25 bits per heavy atom. The van der Waals surface area contributed by atoms with Crippen LogP contribution in [0.2, 0.25) is 0 Å². The van der Waals surface area contributed by atoms with Crippen molar-refractivity contribution in [3.05, 3.63) is 0 Å². The summed E-state index contributed by atoms with van der Waals surface area (Å²) in [6.45, 7) is 1.49. The van der Waals surface area contributed by atoms with E-state index in [0.29, 0.717) is 0 Å². The van der Waals surface area contributed by atoms with Gasteiger partial charge in [0, 0.05) is 8.03 Å². The Morgan fingerprint density at radius 1 is 1.88 bits per heavy atom. The Bertz CT molecular complexity index is 79.7. The molecular formula is C3H7FNaO2P. The Hall–Kier alpha value is 1.12. The van der Waals surface area contributed by atoms with Crippen LogP contribution in [0.5, 0.6) is 0 Å². The van der Waals surface area contributed by atoms with Gasteiger partial charge in [0.05, 0.1) is 0 Å². The average Bonchev–Trinajstić information content (AvgIpc) is 1.65. The van der Waals surface area contributed by atoms with Crippen molar-refractivity contribution in [3.8, 4) is 0 Å². The molecule has 0 aliphatic heterocycles. The van der Waals surface area contributed by atoms with E-state index in [9.17, 15) is 13.8 Å². The van der Waals surface area contributed by atoms with Crippen LogP contribution in [0.4, 0.5) is 4.39 Å². The predicted molar refractivity (Wildman–Crippen MR) is 24.2 cm³/mol. The van der Waals surface area contributed by atoms with Crippen molar-refractivity contribution in [1.82, 2.24) is 0 Å². The second-order valence-electron chi connectivity index (χ2n) is 1.19. The van der Waals surface area contributed by atoms with E-state index in [1.807, 2.05) is 0 Å². The van der Waals surface area contributed by atoms with Gasteiger partial charge in [0.1, 0.15) is 5.91 Å². The maximum atomic E-state index is 11.7. The minimum Gasteiger partial charge on any atom is -0.800 e. The standard InChI is InChI=1S/C3H8FO2P.Na/c1-2-3(4)7(5)6;/h3,7H,2H2,1H3,(H,5,6);/q;+1/p-1. The average molecular weight is 148 g/mol. The summed E-state index contributed by atoms with van der Waals surface area (Å²) in [4.78, 5) is 9.63. The fourth-order valence-corrected chi connectivity index (χ4v) is 0.500. The quantitative estimate of drug-likeness (QED) is 0.321. The molecule has 0 amide bonds. The van der Waals surface area contributed by atoms with Crippen molar-refractivity contribution in [3.63, 3.8) is 0 Å². The predicted octanol–water partition coefficient (Wildman–Crippen LogP) is -2.47. The number of hydrogen-bond acceptors (Lipinski definition) is 2. The molecule has 0 rings (SSSR count). The van der Waals surface area contributed by atoms with Gasteiger partial charge < -0.3 is 9.46 Å². The summed E-state index contributed by atoms with van der Waals surface area (Å²) in [6.07, 6.45) is 0.0707. The molecule has 2 atom stereocenters. The first-order valence-corrected chi connectivity index (χ1v) is 3.42. The van der Waals surface area contributed by atoms with Crippen molar-refractivity contribution in [2.75, 3.05) is 0 Å². The second-order valence-corrected chi connectivity index (χ2v) is 2.46. The Kier molecular flexibility index (Phi) is 9.26. The van der Waals surface area contributed by atoms with E-state index in [1.54, 1.807) is 0 Å². The first-order valence-electron chi connectivity index (χ1n) is 2.03. The van der Waals surface area contributed by atoms with Gasteiger partial charge >= 0.3 is 29.6 Å². The van der Waals surface area contributed by atoms with Crippen molar-refractivity contribution in [1.29, 1.82) is 0 Å². The van der Waals surface area contributed by atoms with E-state index >= 15 is 0 Å². The van der Waals surface area contributed by atoms with Gasteiger partial charge in [-0.2, -0.15) is 0 Å². The van der Waals surface area contributed by atoms with Crippen LogP contribution < -0.4 is 34.5 Å². The van der Waals surface area contributed by atoms with Crippen molar-refractivity contribution >= 4 is 8.03 Å². The van der Waals surface area contributed by atoms with Crippen LogP contribution in [0.15, 0.2) is 0 Å². The summed E-state index contributed by atoms with van der Waals surface area (Å²) < 4.78 is 21.3. The molecule has 0 radical (unpaired) electrons. The van der Waals surface area contributed by atoms with E-state index < -0.39 is 13.9 Å². The maximum Gasteiger partial charge on any atom is 1.00 e. The molecule has 0 saturated carbocycles. The van der Waals surface area contributed by atoms with E-state index in [4.69, 9.17) is 0 Å². The third-order valence-electron chi connectivity index (χ3n) is 0.614. The first kappa shape index (κ1) is 11.9. The molecule has 5 heteroatoms. The van der Waals surface area contributed by atoms with E-state index in [0.717, 1.165) is 0 Å². The SMILES string of the molecule is CCC(F)[PH](=O)[O-].[Na+]. The zero-order valence-corrected chi connectivity index (χ0v) is 7.98. The summed E-state index contributed by atoms with van der Waals surface area (Å²) in [5.41, 5.74) is 0. The maximum absolute atomic E-state index is 11.7. The van der Waals surface area contributed by atoms with Crippen LogP contribution in [-0.2, 0) is 4.57 Å². The van der Waals surface area contributed by atoms with E-state index in [2.05, 4.69) is 0 Å². The molecule has 0 heterocycles. The van der Waals surface area contributed by atoms with Gasteiger partial charge in [-0.25, -0.2) is 4.39 Å². The van der Waals surface area contributed by atoms with Crippen LogP contribution in [0.1, 0.15) is 13.3 Å². The summed E-state index contributed by atoms with van der Waals surface area (Å²) in [5.74, 6) is -1.61. The summed E-state index contributed by atoms with van der Waals surface area (Å²) in [7, 11) is -3.13.